The van der Waals surface area contributed by atoms with Crippen LogP contribution in [0.15, 0.2) is 59.1 Å². The van der Waals surface area contributed by atoms with Crippen molar-refractivity contribution in [1.29, 1.82) is 0 Å². The van der Waals surface area contributed by atoms with E-state index in [0.717, 1.165) is 18.4 Å². The monoisotopic (exact) mass is 580 g/mol. The number of ether oxygens (including phenoxy) is 2. The molecule has 7 nitrogen and oxygen atoms in total. The van der Waals surface area contributed by atoms with E-state index >= 15 is 0 Å². The van der Waals surface area contributed by atoms with E-state index in [1.54, 1.807) is 6.07 Å². The molecule has 1 aliphatic rings. The number of amides is 1. The first-order chi connectivity index (χ1) is 18.1. The number of hydrogen-bond donors (Lipinski definition) is 1. The Morgan fingerprint density at radius 1 is 1.18 bits per heavy atom. The van der Waals surface area contributed by atoms with Crippen LogP contribution in [0.4, 0.5) is 20.7 Å². The number of halogens is 2. The Kier molecular flexibility index (Phi) is 8.52. The maximum absolute atomic E-state index is 14.5. The first-order valence-electron chi connectivity index (χ1n) is 12.4. The van der Waals surface area contributed by atoms with E-state index in [0.29, 0.717) is 47.0 Å². The van der Waals surface area contributed by atoms with E-state index in [2.05, 4.69) is 31.0 Å². The molecule has 0 unspecified atom stereocenters. The van der Waals surface area contributed by atoms with E-state index in [1.807, 2.05) is 57.2 Å². The van der Waals surface area contributed by atoms with Gasteiger partial charge in [-0.15, -0.1) is 0 Å². The fourth-order valence-electron chi connectivity index (χ4n) is 4.16. The van der Waals surface area contributed by atoms with Gasteiger partial charge in [-0.05, 0) is 61.2 Å². The van der Waals surface area contributed by atoms with E-state index < -0.39 is 17.5 Å². The topological polar surface area (TPSA) is 68.1 Å². The molecule has 0 radical (unpaired) electrons. The molecule has 9 heteroatoms. The molecule has 0 aliphatic carbocycles. The van der Waals surface area contributed by atoms with E-state index in [-0.39, 0.29) is 11.7 Å². The third-order valence-corrected chi connectivity index (χ3v) is 6.80. The summed E-state index contributed by atoms with van der Waals surface area (Å²) in [5, 5.41) is 2.95. The molecule has 0 saturated carbocycles. The number of nitrogens with zero attached hydrogens (tertiary/aromatic N) is 3. The fraction of sp³-hybridized carbons (Fsp3) is 0.345. The van der Waals surface area contributed by atoms with Gasteiger partial charge in [0.05, 0.1) is 16.7 Å². The Labute approximate surface area is 230 Å². The number of alkyl carbamates (subject to hydrolysis) is 1. The summed E-state index contributed by atoms with van der Waals surface area (Å²) >= 11 is 3.62. The van der Waals surface area contributed by atoms with E-state index in [4.69, 9.17) is 21.0 Å². The Balaban J connectivity index is 1.58. The summed E-state index contributed by atoms with van der Waals surface area (Å²) in [5.74, 6) is 0.673. The molecule has 198 valence electrons. The van der Waals surface area contributed by atoms with Gasteiger partial charge in [0, 0.05) is 30.8 Å². The fourth-order valence-corrected chi connectivity index (χ4v) is 4.71. The number of carbonyl (C=O) groups is 1. The third kappa shape index (κ3) is 7.01. The normalized spacial score (nSPS) is 14.1. The molecule has 2 heterocycles. The zero-order valence-electron chi connectivity index (χ0n) is 21.6. The molecular formula is C29H30BrFN4O3. The van der Waals surface area contributed by atoms with Crippen molar-refractivity contribution >= 4 is 33.5 Å². The maximum atomic E-state index is 14.5. The van der Waals surface area contributed by atoms with Crippen LogP contribution in [-0.2, 0) is 11.3 Å². The average molecular weight is 581 g/mol. The summed E-state index contributed by atoms with van der Waals surface area (Å²) in [4.78, 5) is 22.4. The van der Waals surface area contributed by atoms with Gasteiger partial charge in [-0.1, -0.05) is 42.5 Å². The van der Waals surface area contributed by atoms with Crippen LogP contribution in [0.25, 0.3) is 16.1 Å². The molecule has 0 atom stereocenters. The first-order valence-corrected chi connectivity index (χ1v) is 13.2. The van der Waals surface area contributed by atoms with E-state index in [9.17, 15) is 9.18 Å². The van der Waals surface area contributed by atoms with Crippen LogP contribution < -0.4 is 15.0 Å². The predicted molar refractivity (Wildman–Crippen MR) is 149 cm³/mol. The molecule has 0 spiro atoms. The standard InChI is InChI=1S/C29H30BrFN4O3/c1-29(2,3)38-28(36)33-21-12-14-35(15-13-21)25-17-24(37-18-19-8-6-5-7-9-19)26(30)27(34-25)20-10-11-23(32-4)22(31)16-20/h5-11,16-17,21H,12-15,18H2,1-3H3,(H,33,36). The molecule has 38 heavy (non-hydrogen) atoms. The smallest absolute Gasteiger partial charge is 0.407 e. The molecule has 3 aromatic rings. The minimum Gasteiger partial charge on any atom is -0.488 e. The van der Waals surface area contributed by atoms with Gasteiger partial charge < -0.3 is 19.7 Å². The van der Waals surface area contributed by atoms with Crippen LogP contribution in [-0.4, -0.2) is 35.8 Å². The second-order valence-electron chi connectivity index (χ2n) is 10.1. The summed E-state index contributed by atoms with van der Waals surface area (Å²) in [5.41, 5.74) is 1.48. The lowest BCUT2D eigenvalue weighted by Crippen LogP contribution is -2.46. The third-order valence-electron chi connectivity index (χ3n) is 6.03. The van der Waals surface area contributed by atoms with Crippen molar-refractivity contribution < 1.29 is 18.7 Å². The number of hydrogen-bond acceptors (Lipinski definition) is 5. The SMILES string of the molecule is [C-]#[N+]c1ccc(-c2nc(N3CCC(NC(=O)OC(C)(C)C)CC3)cc(OCc3ccccc3)c2Br)cc1F. The molecule has 1 aromatic heterocycles. The minimum atomic E-state index is -0.600. The van der Waals surface area contributed by atoms with Gasteiger partial charge in [0.1, 0.15) is 29.6 Å². The van der Waals surface area contributed by atoms with Gasteiger partial charge in [0.15, 0.2) is 0 Å². The Morgan fingerprint density at radius 3 is 2.53 bits per heavy atom. The molecular weight excluding hydrogens is 551 g/mol. The highest BCUT2D eigenvalue weighted by atomic mass is 79.9. The highest BCUT2D eigenvalue weighted by Gasteiger charge is 2.26. The number of rotatable bonds is 6. The lowest BCUT2D eigenvalue weighted by molar-refractivity contribution is 0.0497. The molecule has 1 N–H and O–H groups in total. The zero-order chi connectivity index (χ0) is 27.3. The number of aromatic nitrogens is 1. The lowest BCUT2D eigenvalue weighted by atomic mass is 10.0. The predicted octanol–water partition coefficient (Wildman–Crippen LogP) is 7.27. The van der Waals surface area contributed by atoms with Crippen LogP contribution in [0.2, 0.25) is 0 Å². The van der Waals surface area contributed by atoms with Crippen LogP contribution in [0.5, 0.6) is 5.75 Å². The number of piperidine rings is 1. The lowest BCUT2D eigenvalue weighted by Gasteiger charge is -2.34. The molecule has 4 rings (SSSR count). The average Bonchev–Trinajstić information content (AvgIpc) is 2.88. The van der Waals surface area contributed by atoms with Crippen molar-refractivity contribution in [2.24, 2.45) is 0 Å². The van der Waals surface area contributed by atoms with Gasteiger partial charge >= 0.3 is 6.09 Å². The van der Waals surface area contributed by atoms with Crippen molar-refractivity contribution in [2.75, 3.05) is 18.0 Å². The van der Waals surface area contributed by atoms with Gasteiger partial charge in [-0.2, -0.15) is 0 Å². The second-order valence-corrected chi connectivity index (χ2v) is 10.9. The molecule has 1 fully saturated rings. The van der Waals surface area contributed by atoms with Crippen LogP contribution in [0, 0.1) is 12.4 Å². The van der Waals surface area contributed by atoms with Crippen LogP contribution in [0.3, 0.4) is 0 Å². The summed E-state index contributed by atoms with van der Waals surface area (Å²) in [6, 6.07) is 16.2. The first kappa shape index (κ1) is 27.4. The minimum absolute atomic E-state index is 0.0000762. The highest BCUT2D eigenvalue weighted by molar-refractivity contribution is 9.10. The summed E-state index contributed by atoms with van der Waals surface area (Å²) in [7, 11) is 0. The Bertz CT molecular complexity index is 1330. The van der Waals surface area contributed by atoms with Crippen molar-refractivity contribution in [1.82, 2.24) is 10.3 Å². The van der Waals surface area contributed by atoms with Crippen molar-refractivity contribution in [3.05, 3.63) is 81.9 Å². The van der Waals surface area contributed by atoms with Crippen molar-refractivity contribution in [3.8, 4) is 17.0 Å². The Morgan fingerprint density at radius 2 is 1.89 bits per heavy atom. The molecule has 2 aromatic carbocycles. The molecule has 1 saturated heterocycles. The summed E-state index contributed by atoms with van der Waals surface area (Å²) < 4.78 is 26.7. The number of nitrogens with one attached hydrogen (secondary N) is 1. The molecule has 0 bridgehead atoms. The van der Waals surface area contributed by atoms with Crippen LogP contribution >= 0.6 is 15.9 Å². The quantitative estimate of drug-likeness (QED) is 0.310. The van der Waals surface area contributed by atoms with Gasteiger partial charge in [-0.3, -0.25) is 0 Å². The van der Waals surface area contributed by atoms with Gasteiger partial charge in [0.25, 0.3) is 0 Å². The molecule has 1 amide bonds. The zero-order valence-corrected chi connectivity index (χ0v) is 23.2. The molecule has 1 aliphatic heterocycles. The second kappa shape index (κ2) is 11.8. The highest BCUT2D eigenvalue weighted by Crippen LogP contribution is 2.39. The van der Waals surface area contributed by atoms with Crippen LogP contribution in [0.1, 0.15) is 39.2 Å². The van der Waals surface area contributed by atoms with Crippen molar-refractivity contribution in [2.45, 2.75) is 51.9 Å². The van der Waals surface area contributed by atoms with Crippen molar-refractivity contribution in [3.63, 3.8) is 0 Å². The van der Waals surface area contributed by atoms with E-state index in [1.165, 1.54) is 12.1 Å². The number of benzene rings is 2. The largest absolute Gasteiger partial charge is 0.488 e. The van der Waals surface area contributed by atoms with Gasteiger partial charge in [-0.25, -0.2) is 19.0 Å². The maximum Gasteiger partial charge on any atom is 0.407 e. The summed E-state index contributed by atoms with van der Waals surface area (Å²) in [6.07, 6.45) is 1.03. The number of anilines is 1. The number of carbonyl (C=O) groups excluding carboxylic acids is 1. The van der Waals surface area contributed by atoms with Gasteiger partial charge in [0.2, 0.25) is 5.69 Å². The Hall–Kier alpha value is -3.64. The number of pyridine rings is 1. The summed E-state index contributed by atoms with van der Waals surface area (Å²) in [6.45, 7) is 14.3.